The van der Waals surface area contributed by atoms with Crippen molar-refractivity contribution in [3.05, 3.63) is 210 Å². The summed E-state index contributed by atoms with van der Waals surface area (Å²) in [5.74, 6) is 0. The number of anilines is 3. The molecule has 0 N–H and O–H groups in total. The SMILES string of the molecule is CC(C)(c1ccccc1)c1ccc(-c2ccc(N(c3ccc(-c4ccccc4)cc3)c3cc4ccccc4c4c3-c3ccccc3C4(C)C)cc2)cc1. The average Bonchev–Trinajstić information content (AvgIpc) is 3.46. The number of rotatable bonds is 7. The Balaban J connectivity index is 1.18. The van der Waals surface area contributed by atoms with Crippen molar-refractivity contribution >= 4 is 27.8 Å². The molecule has 0 bridgehead atoms. The van der Waals surface area contributed by atoms with Crippen LogP contribution in [0.3, 0.4) is 0 Å². The molecule has 0 saturated carbocycles. The molecule has 8 aromatic rings. The second-order valence-corrected chi connectivity index (χ2v) is 15.4. The Labute approximate surface area is 313 Å². The number of hydrogen-bond donors (Lipinski definition) is 0. The highest BCUT2D eigenvalue weighted by Crippen LogP contribution is 2.56. The summed E-state index contributed by atoms with van der Waals surface area (Å²) in [5, 5.41) is 2.57. The smallest absolute Gasteiger partial charge is 0.0549 e. The van der Waals surface area contributed by atoms with E-state index in [-0.39, 0.29) is 10.8 Å². The lowest BCUT2D eigenvalue weighted by atomic mass is 9.78. The van der Waals surface area contributed by atoms with Crippen molar-refractivity contribution in [1.29, 1.82) is 0 Å². The molecule has 1 heteroatoms. The molecule has 53 heavy (non-hydrogen) atoms. The second kappa shape index (κ2) is 12.8. The second-order valence-electron chi connectivity index (χ2n) is 15.4. The Morgan fingerprint density at radius 2 is 0.925 bits per heavy atom. The molecule has 0 spiro atoms. The van der Waals surface area contributed by atoms with E-state index in [2.05, 4.69) is 221 Å². The largest absolute Gasteiger partial charge is 0.310 e. The molecule has 0 aliphatic heterocycles. The van der Waals surface area contributed by atoms with Gasteiger partial charge in [0.2, 0.25) is 0 Å². The molecule has 0 amide bonds. The third-order valence-corrected chi connectivity index (χ3v) is 11.6. The van der Waals surface area contributed by atoms with E-state index in [0.29, 0.717) is 0 Å². The third kappa shape index (κ3) is 5.56. The molecule has 0 atom stereocenters. The molecule has 9 rings (SSSR count). The van der Waals surface area contributed by atoms with Crippen molar-refractivity contribution in [1.82, 2.24) is 0 Å². The van der Waals surface area contributed by atoms with Crippen LogP contribution in [-0.2, 0) is 10.8 Å². The first-order valence-electron chi connectivity index (χ1n) is 18.7. The summed E-state index contributed by atoms with van der Waals surface area (Å²) in [5.41, 5.74) is 16.1. The molecule has 256 valence electrons. The highest BCUT2D eigenvalue weighted by atomic mass is 15.1. The molecule has 8 aromatic carbocycles. The normalized spacial score (nSPS) is 13.1. The maximum atomic E-state index is 2.47. The standard InChI is InChI=1S/C52H43N/c1-51(2,41-18-9-6-10-19-41)42-29-23-37(24-30-42)39-27-33-44(34-28-39)53(43-31-25-38(26-32-43)36-15-7-5-8-16-36)48-35-40-17-11-12-20-45(40)50-49(48)46-21-13-14-22-47(46)52(50,3)4/h5-35H,1-4H3. The van der Waals surface area contributed by atoms with Crippen molar-refractivity contribution < 1.29 is 0 Å². The van der Waals surface area contributed by atoms with Gasteiger partial charge >= 0.3 is 0 Å². The molecule has 1 aliphatic carbocycles. The van der Waals surface area contributed by atoms with Crippen LogP contribution in [-0.4, -0.2) is 0 Å². The Morgan fingerprint density at radius 1 is 0.453 bits per heavy atom. The molecular weight excluding hydrogens is 639 g/mol. The van der Waals surface area contributed by atoms with E-state index in [0.717, 1.165) is 11.4 Å². The number of benzene rings is 8. The van der Waals surface area contributed by atoms with E-state index in [4.69, 9.17) is 0 Å². The fraction of sp³-hybridized carbons (Fsp3) is 0.115. The van der Waals surface area contributed by atoms with Crippen LogP contribution in [0.15, 0.2) is 188 Å². The summed E-state index contributed by atoms with van der Waals surface area (Å²) >= 11 is 0. The van der Waals surface area contributed by atoms with Gasteiger partial charge in [-0.05, 0) is 91.2 Å². The summed E-state index contributed by atoms with van der Waals surface area (Å²) in [6.07, 6.45) is 0. The lowest BCUT2D eigenvalue weighted by Gasteiger charge is -2.30. The zero-order chi connectivity index (χ0) is 36.2. The molecular formula is C52H43N. The zero-order valence-electron chi connectivity index (χ0n) is 30.8. The fourth-order valence-corrected chi connectivity index (χ4v) is 8.58. The van der Waals surface area contributed by atoms with Gasteiger partial charge in [0.05, 0.1) is 5.69 Å². The van der Waals surface area contributed by atoms with Gasteiger partial charge in [-0.2, -0.15) is 0 Å². The van der Waals surface area contributed by atoms with Gasteiger partial charge < -0.3 is 4.90 Å². The minimum absolute atomic E-state index is 0.0759. The van der Waals surface area contributed by atoms with Crippen LogP contribution in [0.4, 0.5) is 17.1 Å². The highest BCUT2D eigenvalue weighted by molar-refractivity contribution is 6.06. The van der Waals surface area contributed by atoms with Crippen LogP contribution in [0, 0.1) is 0 Å². The summed E-state index contributed by atoms with van der Waals surface area (Å²) < 4.78 is 0. The quantitative estimate of drug-likeness (QED) is 0.162. The van der Waals surface area contributed by atoms with Gasteiger partial charge in [0, 0.05) is 27.8 Å². The first-order chi connectivity index (χ1) is 25.8. The molecule has 0 fully saturated rings. The first kappa shape index (κ1) is 32.7. The van der Waals surface area contributed by atoms with Gasteiger partial charge in [-0.25, -0.2) is 0 Å². The predicted octanol–water partition coefficient (Wildman–Crippen LogP) is 14.3. The van der Waals surface area contributed by atoms with E-state index >= 15 is 0 Å². The van der Waals surface area contributed by atoms with Crippen LogP contribution in [0.1, 0.15) is 49.9 Å². The lowest BCUT2D eigenvalue weighted by Crippen LogP contribution is -2.18. The van der Waals surface area contributed by atoms with E-state index in [9.17, 15) is 0 Å². The fourth-order valence-electron chi connectivity index (χ4n) is 8.58. The van der Waals surface area contributed by atoms with E-state index in [1.807, 2.05) is 0 Å². The molecule has 0 saturated heterocycles. The summed E-state index contributed by atoms with van der Waals surface area (Å²) in [4.78, 5) is 2.47. The van der Waals surface area contributed by atoms with Crippen LogP contribution in [0.5, 0.6) is 0 Å². The van der Waals surface area contributed by atoms with Crippen LogP contribution in [0.25, 0.3) is 44.2 Å². The van der Waals surface area contributed by atoms with Crippen LogP contribution in [0.2, 0.25) is 0 Å². The molecule has 0 unspecified atom stereocenters. The summed E-state index contributed by atoms with van der Waals surface area (Å²) in [6, 6.07) is 69.0. The molecule has 1 aliphatic rings. The Kier molecular flexibility index (Phi) is 7.90. The van der Waals surface area contributed by atoms with Gasteiger partial charge in [0.25, 0.3) is 0 Å². The topological polar surface area (TPSA) is 3.24 Å². The number of nitrogens with zero attached hydrogens (tertiary/aromatic N) is 1. The van der Waals surface area contributed by atoms with Crippen molar-refractivity contribution in [2.24, 2.45) is 0 Å². The van der Waals surface area contributed by atoms with Gasteiger partial charge in [-0.1, -0.05) is 185 Å². The number of fused-ring (bicyclic) bond motifs is 5. The monoisotopic (exact) mass is 681 g/mol. The predicted molar refractivity (Wildman–Crippen MR) is 226 cm³/mol. The summed E-state index contributed by atoms with van der Waals surface area (Å²) in [7, 11) is 0. The van der Waals surface area contributed by atoms with E-state index < -0.39 is 0 Å². The third-order valence-electron chi connectivity index (χ3n) is 11.6. The van der Waals surface area contributed by atoms with Crippen molar-refractivity contribution in [2.45, 2.75) is 38.5 Å². The molecule has 0 radical (unpaired) electrons. The van der Waals surface area contributed by atoms with Gasteiger partial charge in [0.15, 0.2) is 0 Å². The lowest BCUT2D eigenvalue weighted by molar-refractivity contribution is 0.641. The first-order valence-corrected chi connectivity index (χ1v) is 18.7. The molecule has 0 heterocycles. The molecule has 1 nitrogen and oxygen atoms in total. The Bertz CT molecular complexity index is 2560. The molecule has 0 aromatic heterocycles. The maximum absolute atomic E-state index is 2.47. The average molecular weight is 682 g/mol. The Morgan fingerprint density at radius 3 is 1.55 bits per heavy atom. The zero-order valence-corrected chi connectivity index (χ0v) is 30.8. The van der Waals surface area contributed by atoms with Crippen LogP contribution < -0.4 is 4.90 Å². The number of hydrogen-bond acceptors (Lipinski definition) is 1. The van der Waals surface area contributed by atoms with Gasteiger partial charge in [0.1, 0.15) is 0 Å². The van der Waals surface area contributed by atoms with E-state index in [1.54, 1.807) is 0 Å². The van der Waals surface area contributed by atoms with Crippen molar-refractivity contribution in [3.63, 3.8) is 0 Å². The maximum Gasteiger partial charge on any atom is 0.0549 e. The van der Waals surface area contributed by atoms with Crippen LogP contribution >= 0.6 is 0 Å². The minimum Gasteiger partial charge on any atom is -0.310 e. The van der Waals surface area contributed by atoms with Gasteiger partial charge in [-0.15, -0.1) is 0 Å². The Hall–Kier alpha value is -6.18. The highest BCUT2D eigenvalue weighted by Gasteiger charge is 2.39. The summed E-state index contributed by atoms with van der Waals surface area (Å²) in [6.45, 7) is 9.37. The minimum atomic E-state index is -0.143. The van der Waals surface area contributed by atoms with Crippen molar-refractivity contribution in [2.75, 3.05) is 4.90 Å². The van der Waals surface area contributed by atoms with Crippen molar-refractivity contribution in [3.8, 4) is 33.4 Å². The van der Waals surface area contributed by atoms with Gasteiger partial charge in [-0.3, -0.25) is 0 Å². The van der Waals surface area contributed by atoms with E-state index in [1.165, 1.54) is 72.1 Å².